The van der Waals surface area contributed by atoms with Crippen molar-refractivity contribution in [3.63, 3.8) is 0 Å². The van der Waals surface area contributed by atoms with Crippen LogP contribution in [0.1, 0.15) is 10.4 Å². The Morgan fingerprint density at radius 2 is 1.92 bits per heavy atom. The summed E-state index contributed by atoms with van der Waals surface area (Å²) in [7, 11) is 3.13. The van der Waals surface area contributed by atoms with Gasteiger partial charge in [-0.25, -0.2) is 0 Å². The number of allylic oxidation sites excluding steroid dienone is 1. The first-order valence-corrected chi connectivity index (χ1v) is 13.2. The van der Waals surface area contributed by atoms with Crippen molar-refractivity contribution < 1.29 is 14.3 Å². The number of hydrogen-bond acceptors (Lipinski definition) is 7. The van der Waals surface area contributed by atoms with E-state index < -0.39 is 0 Å². The Morgan fingerprint density at radius 3 is 2.61 bits per heavy atom. The molecule has 2 heterocycles. The molecular formula is C27H28N4O3S2. The Labute approximate surface area is 219 Å². The molecule has 0 aliphatic carbocycles. The van der Waals surface area contributed by atoms with E-state index in [4.69, 9.17) is 9.47 Å². The van der Waals surface area contributed by atoms with Gasteiger partial charge in [0, 0.05) is 34.0 Å². The molecule has 4 rings (SSSR count). The molecular weight excluding hydrogens is 492 g/mol. The number of aryl methyl sites for hydroxylation is 2. The number of thiophene rings is 1. The zero-order valence-corrected chi connectivity index (χ0v) is 22.3. The van der Waals surface area contributed by atoms with E-state index in [2.05, 4.69) is 65.6 Å². The number of nitrogens with one attached hydrogen (secondary N) is 1. The highest BCUT2D eigenvalue weighted by Gasteiger charge is 2.21. The van der Waals surface area contributed by atoms with E-state index in [-0.39, 0.29) is 11.7 Å². The van der Waals surface area contributed by atoms with Gasteiger partial charge in [0.1, 0.15) is 11.5 Å². The number of thioether (sulfide) groups is 1. The summed E-state index contributed by atoms with van der Waals surface area (Å²) in [5, 5.41) is 14.6. The second kappa shape index (κ2) is 11.5. The Bertz CT molecular complexity index is 1380. The van der Waals surface area contributed by atoms with Crippen molar-refractivity contribution in [2.45, 2.75) is 25.5 Å². The molecule has 2 aromatic heterocycles. The lowest BCUT2D eigenvalue weighted by Crippen LogP contribution is -2.15. The maximum Gasteiger partial charge on any atom is 0.234 e. The van der Waals surface area contributed by atoms with Crippen LogP contribution in [0.2, 0.25) is 0 Å². The number of nitrogens with zero attached hydrogens (tertiary/aromatic N) is 3. The first kappa shape index (κ1) is 25.5. The second-order valence-corrected chi connectivity index (χ2v) is 10.1. The highest BCUT2D eigenvalue weighted by Crippen LogP contribution is 2.39. The Balaban J connectivity index is 1.57. The lowest BCUT2D eigenvalue weighted by atomic mass is 10.0. The van der Waals surface area contributed by atoms with E-state index in [0.717, 1.165) is 22.5 Å². The standard InChI is InChI=1S/C27H28N4O3S2/c1-6-13-31-26(21-15-35-18(3)25(21)19-9-7-17(2)8-10-19)29-30-27(31)36-16-24(32)28-22-14-20(33-4)11-12-23(22)34-5/h6-12,14-15H,1,13,16H2,2-5H3,(H,28,32). The molecule has 0 radical (unpaired) electrons. The third kappa shape index (κ3) is 5.47. The molecule has 0 atom stereocenters. The van der Waals surface area contributed by atoms with Gasteiger partial charge in [0.15, 0.2) is 11.0 Å². The SMILES string of the molecule is C=CCn1c(SCC(=O)Nc2cc(OC)ccc2OC)nnc1-c1csc(C)c1-c1ccc(C)cc1. The number of amides is 1. The monoisotopic (exact) mass is 520 g/mol. The molecule has 4 aromatic rings. The van der Waals surface area contributed by atoms with Crippen molar-refractivity contribution in [1.82, 2.24) is 14.8 Å². The van der Waals surface area contributed by atoms with Crippen molar-refractivity contribution in [2.24, 2.45) is 0 Å². The summed E-state index contributed by atoms with van der Waals surface area (Å²) in [6.45, 7) is 8.63. The Hall–Kier alpha value is -3.56. The number of anilines is 1. The van der Waals surface area contributed by atoms with Crippen LogP contribution >= 0.6 is 23.1 Å². The molecule has 0 unspecified atom stereocenters. The quantitative estimate of drug-likeness (QED) is 0.197. The molecule has 0 bridgehead atoms. The van der Waals surface area contributed by atoms with Gasteiger partial charge < -0.3 is 14.8 Å². The van der Waals surface area contributed by atoms with Crippen LogP contribution in [0.25, 0.3) is 22.5 Å². The average Bonchev–Trinajstić information content (AvgIpc) is 3.46. The predicted octanol–water partition coefficient (Wildman–Crippen LogP) is 6.22. The summed E-state index contributed by atoms with van der Waals surface area (Å²) < 4.78 is 12.6. The van der Waals surface area contributed by atoms with Crippen LogP contribution in [0.5, 0.6) is 11.5 Å². The minimum Gasteiger partial charge on any atom is -0.497 e. The smallest absolute Gasteiger partial charge is 0.234 e. The summed E-state index contributed by atoms with van der Waals surface area (Å²) in [4.78, 5) is 14.0. The lowest BCUT2D eigenvalue weighted by molar-refractivity contribution is -0.113. The van der Waals surface area contributed by atoms with Crippen molar-refractivity contribution in [3.8, 4) is 34.0 Å². The number of carbonyl (C=O) groups excluding carboxylic acids is 1. The van der Waals surface area contributed by atoms with Crippen molar-refractivity contribution in [2.75, 3.05) is 25.3 Å². The average molecular weight is 521 g/mol. The van der Waals surface area contributed by atoms with Gasteiger partial charge in [-0.15, -0.1) is 28.1 Å². The van der Waals surface area contributed by atoms with E-state index in [1.807, 2.05) is 10.6 Å². The van der Waals surface area contributed by atoms with E-state index in [9.17, 15) is 4.79 Å². The maximum atomic E-state index is 12.8. The van der Waals surface area contributed by atoms with Gasteiger partial charge >= 0.3 is 0 Å². The summed E-state index contributed by atoms with van der Waals surface area (Å²) in [6, 6.07) is 13.8. The van der Waals surface area contributed by atoms with Crippen LogP contribution in [-0.4, -0.2) is 40.6 Å². The fourth-order valence-electron chi connectivity index (χ4n) is 3.81. The van der Waals surface area contributed by atoms with Gasteiger partial charge in [-0.05, 0) is 31.5 Å². The van der Waals surface area contributed by atoms with E-state index in [1.54, 1.807) is 43.8 Å². The minimum absolute atomic E-state index is 0.156. The van der Waals surface area contributed by atoms with Gasteiger partial charge in [-0.2, -0.15) is 0 Å². The number of rotatable bonds is 10. The van der Waals surface area contributed by atoms with E-state index >= 15 is 0 Å². The molecule has 0 aliphatic heterocycles. The molecule has 1 N–H and O–H groups in total. The molecule has 0 fully saturated rings. The molecule has 7 nitrogen and oxygen atoms in total. The van der Waals surface area contributed by atoms with Crippen LogP contribution in [0.15, 0.2) is 65.7 Å². The fourth-order valence-corrected chi connectivity index (χ4v) is 5.43. The number of aromatic nitrogens is 3. The first-order chi connectivity index (χ1) is 17.4. The highest BCUT2D eigenvalue weighted by atomic mass is 32.2. The fraction of sp³-hybridized carbons (Fsp3) is 0.222. The maximum absolute atomic E-state index is 12.8. The lowest BCUT2D eigenvalue weighted by Gasteiger charge is -2.12. The number of methoxy groups -OCH3 is 2. The normalized spacial score (nSPS) is 10.8. The molecule has 36 heavy (non-hydrogen) atoms. The van der Waals surface area contributed by atoms with Crippen LogP contribution in [-0.2, 0) is 11.3 Å². The molecule has 0 saturated carbocycles. The van der Waals surface area contributed by atoms with Crippen molar-refractivity contribution in [1.29, 1.82) is 0 Å². The predicted molar refractivity (Wildman–Crippen MR) is 147 cm³/mol. The Morgan fingerprint density at radius 1 is 1.14 bits per heavy atom. The minimum atomic E-state index is -0.187. The summed E-state index contributed by atoms with van der Waals surface area (Å²) in [5.41, 5.74) is 5.08. The summed E-state index contributed by atoms with van der Waals surface area (Å²) >= 11 is 3.01. The number of carbonyl (C=O) groups is 1. The first-order valence-electron chi connectivity index (χ1n) is 11.3. The van der Waals surface area contributed by atoms with Crippen LogP contribution < -0.4 is 14.8 Å². The van der Waals surface area contributed by atoms with Gasteiger partial charge in [-0.1, -0.05) is 47.7 Å². The molecule has 0 spiro atoms. The molecule has 2 aromatic carbocycles. The third-order valence-corrected chi connectivity index (χ3v) is 7.48. The molecule has 1 amide bonds. The van der Waals surface area contributed by atoms with Gasteiger partial charge in [0.25, 0.3) is 0 Å². The number of hydrogen-bond donors (Lipinski definition) is 1. The molecule has 0 saturated heterocycles. The van der Waals surface area contributed by atoms with Crippen LogP contribution in [0, 0.1) is 13.8 Å². The molecule has 9 heteroatoms. The van der Waals surface area contributed by atoms with Crippen LogP contribution in [0.4, 0.5) is 5.69 Å². The highest BCUT2D eigenvalue weighted by molar-refractivity contribution is 7.99. The van der Waals surface area contributed by atoms with Gasteiger partial charge in [0.05, 0.1) is 25.7 Å². The summed E-state index contributed by atoms with van der Waals surface area (Å²) in [6.07, 6.45) is 1.81. The third-order valence-electron chi connectivity index (χ3n) is 5.60. The second-order valence-electron chi connectivity index (χ2n) is 8.06. The van der Waals surface area contributed by atoms with Crippen LogP contribution in [0.3, 0.4) is 0 Å². The topological polar surface area (TPSA) is 78.3 Å². The number of benzene rings is 2. The zero-order chi connectivity index (χ0) is 25.7. The number of ether oxygens (including phenoxy) is 2. The van der Waals surface area contributed by atoms with E-state index in [0.29, 0.717) is 28.9 Å². The summed E-state index contributed by atoms with van der Waals surface area (Å²) in [5.74, 6) is 1.91. The van der Waals surface area contributed by atoms with Gasteiger partial charge in [-0.3, -0.25) is 9.36 Å². The molecule has 186 valence electrons. The largest absolute Gasteiger partial charge is 0.497 e. The zero-order valence-electron chi connectivity index (χ0n) is 20.7. The van der Waals surface area contributed by atoms with E-state index in [1.165, 1.54) is 22.2 Å². The van der Waals surface area contributed by atoms with Crippen molar-refractivity contribution in [3.05, 3.63) is 70.9 Å². The molecule has 0 aliphatic rings. The van der Waals surface area contributed by atoms with Gasteiger partial charge in [0.2, 0.25) is 5.91 Å². The van der Waals surface area contributed by atoms with Crippen molar-refractivity contribution >= 4 is 34.7 Å². The Kier molecular flexibility index (Phi) is 8.12.